The van der Waals surface area contributed by atoms with Gasteiger partial charge in [0.1, 0.15) is 23.8 Å². The fourth-order valence-corrected chi connectivity index (χ4v) is 4.29. The zero-order valence-electron chi connectivity index (χ0n) is 17.1. The maximum Gasteiger partial charge on any atom is 0.363 e. The number of fused-ring (bicyclic) bond motifs is 1. The van der Waals surface area contributed by atoms with Gasteiger partial charge in [0.15, 0.2) is 17.7 Å². The van der Waals surface area contributed by atoms with Crippen LogP contribution in [0.25, 0.3) is 11.2 Å². The van der Waals surface area contributed by atoms with Crippen molar-refractivity contribution in [1.29, 1.82) is 0 Å². The first kappa shape index (κ1) is 24.7. The lowest BCUT2D eigenvalue weighted by Gasteiger charge is -2.26. The molecule has 1 fully saturated rings. The van der Waals surface area contributed by atoms with E-state index in [1.54, 1.807) is 13.8 Å². The van der Waals surface area contributed by atoms with E-state index < -0.39 is 50.5 Å². The van der Waals surface area contributed by atoms with Crippen molar-refractivity contribution < 1.29 is 38.8 Å². The van der Waals surface area contributed by atoms with Gasteiger partial charge in [0.2, 0.25) is 11.1 Å². The Balaban J connectivity index is 1.79. The van der Waals surface area contributed by atoms with Crippen molar-refractivity contribution in [3.05, 3.63) is 11.6 Å². The van der Waals surface area contributed by atoms with Crippen LogP contribution in [0.15, 0.2) is 6.33 Å². The Morgan fingerprint density at radius 3 is 2.59 bits per heavy atom. The highest BCUT2D eigenvalue weighted by molar-refractivity contribution is 7.53. The summed E-state index contributed by atoms with van der Waals surface area (Å²) in [6.07, 6.45) is -4.14. The number of imidazole rings is 1. The van der Waals surface area contributed by atoms with E-state index in [0.717, 1.165) is 0 Å². The molecule has 3 heterocycles. The number of carbonyl (C=O) groups excluding carboxylic acids is 1. The van der Waals surface area contributed by atoms with Crippen LogP contribution in [-0.4, -0.2) is 94.2 Å². The monoisotopic (exact) mass is 494 g/mol. The number of hydrogen-bond acceptors (Lipinski definition) is 10. The number of rotatable bonds is 8. The highest BCUT2D eigenvalue weighted by Crippen LogP contribution is 2.43. The molecule has 0 radical (unpaired) electrons. The minimum Gasteiger partial charge on any atom is -0.387 e. The third-order valence-electron chi connectivity index (χ3n) is 5.04. The molecule has 0 aromatic carbocycles. The summed E-state index contributed by atoms with van der Waals surface area (Å²) in [5.41, 5.74) is 6.11. The molecule has 0 aliphatic carbocycles. The highest BCUT2D eigenvalue weighted by atomic mass is 35.5. The van der Waals surface area contributed by atoms with Crippen molar-refractivity contribution in [2.45, 2.75) is 44.2 Å². The number of likely N-dealkylation sites (N-methyl/N-ethyl adjacent to an activating group) is 1. The molecule has 16 heteroatoms. The van der Waals surface area contributed by atoms with Gasteiger partial charge in [-0.1, -0.05) is 0 Å². The number of amides is 1. The van der Waals surface area contributed by atoms with Gasteiger partial charge >= 0.3 is 7.60 Å². The van der Waals surface area contributed by atoms with E-state index in [1.807, 2.05) is 0 Å². The summed E-state index contributed by atoms with van der Waals surface area (Å²) in [4.78, 5) is 44.7. The molecule has 1 aliphatic rings. The molecule has 14 nitrogen and oxygen atoms in total. The normalized spacial score (nSPS) is 24.7. The third-order valence-corrected chi connectivity index (χ3v) is 6.19. The minimum atomic E-state index is -4.98. The van der Waals surface area contributed by atoms with Crippen LogP contribution >= 0.6 is 19.2 Å². The SMILES string of the molecule is CCN(CC)C(=O)[C@@H](OC[C@H]1O[C@@H](n2cnc3c(N)nc(Cl)nc32)[C@H](O)[C@H]1O)P(=O)(O)O. The fourth-order valence-electron chi connectivity index (χ4n) is 3.38. The van der Waals surface area contributed by atoms with Crippen molar-refractivity contribution in [3.63, 3.8) is 0 Å². The molecule has 178 valence electrons. The molecule has 5 atom stereocenters. The number of aromatic nitrogens is 4. The Labute approximate surface area is 187 Å². The van der Waals surface area contributed by atoms with Crippen LogP contribution in [0.5, 0.6) is 0 Å². The molecule has 32 heavy (non-hydrogen) atoms. The quantitative estimate of drug-likeness (QED) is 0.223. The Hall–Kier alpha value is -1.90. The maximum absolute atomic E-state index is 12.5. The van der Waals surface area contributed by atoms with Crippen LogP contribution in [0.2, 0.25) is 5.28 Å². The predicted molar refractivity (Wildman–Crippen MR) is 110 cm³/mol. The van der Waals surface area contributed by atoms with Gasteiger partial charge in [0, 0.05) is 13.1 Å². The van der Waals surface area contributed by atoms with Crippen molar-refractivity contribution in [1.82, 2.24) is 24.4 Å². The van der Waals surface area contributed by atoms with Gasteiger partial charge in [-0.3, -0.25) is 13.9 Å². The first-order valence-electron chi connectivity index (χ1n) is 9.62. The number of aliphatic hydroxyl groups is 2. The van der Waals surface area contributed by atoms with Crippen molar-refractivity contribution in [2.24, 2.45) is 0 Å². The smallest absolute Gasteiger partial charge is 0.363 e. The van der Waals surface area contributed by atoms with Crippen LogP contribution in [0.4, 0.5) is 5.82 Å². The van der Waals surface area contributed by atoms with Gasteiger partial charge in [-0.15, -0.1) is 0 Å². The molecule has 6 N–H and O–H groups in total. The molecule has 0 spiro atoms. The first-order chi connectivity index (χ1) is 15.0. The molecule has 1 amide bonds. The number of halogens is 1. The Morgan fingerprint density at radius 1 is 1.34 bits per heavy atom. The van der Waals surface area contributed by atoms with Crippen molar-refractivity contribution in [3.8, 4) is 0 Å². The van der Waals surface area contributed by atoms with Gasteiger partial charge in [0.25, 0.3) is 5.91 Å². The fraction of sp³-hybridized carbons (Fsp3) is 0.625. The summed E-state index contributed by atoms with van der Waals surface area (Å²) in [5.74, 6) is -2.96. The Kier molecular flexibility index (Phi) is 7.37. The zero-order chi connectivity index (χ0) is 23.8. The van der Waals surface area contributed by atoms with Crippen LogP contribution in [0, 0.1) is 0 Å². The lowest BCUT2D eigenvalue weighted by Crippen LogP contribution is -2.42. The first-order valence-corrected chi connectivity index (χ1v) is 11.7. The topological polar surface area (TPSA) is 206 Å². The Bertz CT molecular complexity index is 1030. The van der Waals surface area contributed by atoms with Gasteiger partial charge in [0.05, 0.1) is 12.9 Å². The summed E-state index contributed by atoms with van der Waals surface area (Å²) in [7, 11) is -4.98. The van der Waals surface area contributed by atoms with Crippen molar-refractivity contribution in [2.75, 3.05) is 25.4 Å². The molecular formula is C16H24ClN6O8P. The van der Waals surface area contributed by atoms with E-state index in [0.29, 0.717) is 0 Å². The van der Waals surface area contributed by atoms with Gasteiger partial charge in [-0.05, 0) is 25.4 Å². The molecule has 0 bridgehead atoms. The van der Waals surface area contributed by atoms with E-state index in [2.05, 4.69) is 15.0 Å². The van der Waals surface area contributed by atoms with E-state index >= 15 is 0 Å². The van der Waals surface area contributed by atoms with Crippen LogP contribution in [-0.2, 0) is 18.8 Å². The highest BCUT2D eigenvalue weighted by Gasteiger charge is 2.46. The molecular weight excluding hydrogens is 471 g/mol. The summed E-state index contributed by atoms with van der Waals surface area (Å²) in [6, 6.07) is 0. The molecule has 1 saturated heterocycles. The summed E-state index contributed by atoms with van der Waals surface area (Å²) >= 11 is 5.83. The number of nitrogens with two attached hydrogens (primary N) is 1. The molecule has 2 aromatic rings. The summed E-state index contributed by atoms with van der Waals surface area (Å²) in [5, 5.41) is 20.7. The molecule has 3 rings (SSSR count). The maximum atomic E-state index is 12.5. The summed E-state index contributed by atoms with van der Waals surface area (Å²) in [6.45, 7) is 3.17. The average Bonchev–Trinajstić information content (AvgIpc) is 3.24. The molecule has 0 unspecified atom stereocenters. The molecule has 2 aromatic heterocycles. The predicted octanol–water partition coefficient (Wildman–Crippen LogP) is -0.930. The number of hydrogen-bond donors (Lipinski definition) is 5. The van der Waals surface area contributed by atoms with Gasteiger partial charge in [-0.2, -0.15) is 9.97 Å². The van der Waals surface area contributed by atoms with Crippen LogP contribution < -0.4 is 5.73 Å². The average molecular weight is 495 g/mol. The number of nitrogen functional groups attached to an aromatic ring is 1. The number of anilines is 1. The molecule has 0 saturated carbocycles. The Morgan fingerprint density at radius 2 is 2.00 bits per heavy atom. The second kappa shape index (κ2) is 9.53. The van der Waals surface area contributed by atoms with E-state index in [1.165, 1.54) is 15.8 Å². The standard InChI is InChI=1S/C16H24ClN6O8P/c1-3-22(4-2)13(26)15(32(27,28)29)30-5-7-9(24)10(25)14(31-7)23-6-19-8-11(18)20-16(17)21-12(8)23/h6-7,9-10,14-15,24-25H,3-5H2,1-2H3,(H2,18,20,21)(H2,27,28,29)/t7-,9+,10-,14-,15+/m1/s1. The molecule has 1 aliphatic heterocycles. The zero-order valence-corrected chi connectivity index (χ0v) is 18.8. The van der Waals surface area contributed by atoms with E-state index in [-0.39, 0.29) is 35.4 Å². The number of nitrogens with zero attached hydrogens (tertiary/aromatic N) is 5. The van der Waals surface area contributed by atoms with Crippen LogP contribution in [0.1, 0.15) is 20.1 Å². The van der Waals surface area contributed by atoms with E-state index in [9.17, 15) is 29.4 Å². The number of aliphatic hydroxyl groups excluding tert-OH is 2. The van der Waals surface area contributed by atoms with Crippen LogP contribution in [0.3, 0.4) is 0 Å². The second-order valence-electron chi connectivity index (χ2n) is 7.03. The summed E-state index contributed by atoms with van der Waals surface area (Å²) < 4.78 is 24.0. The lowest BCUT2D eigenvalue weighted by atomic mass is 10.1. The second-order valence-corrected chi connectivity index (χ2v) is 9.02. The third kappa shape index (κ3) is 4.72. The number of carbonyl (C=O) groups is 1. The lowest BCUT2D eigenvalue weighted by molar-refractivity contribution is -0.142. The minimum absolute atomic E-state index is 0.00562. The van der Waals surface area contributed by atoms with Gasteiger partial charge < -0.3 is 40.1 Å². The van der Waals surface area contributed by atoms with Gasteiger partial charge in [-0.25, -0.2) is 4.98 Å². The largest absolute Gasteiger partial charge is 0.387 e. The van der Waals surface area contributed by atoms with Crippen molar-refractivity contribution >= 4 is 42.1 Å². The number of ether oxygens (including phenoxy) is 2. The van der Waals surface area contributed by atoms with E-state index in [4.69, 9.17) is 26.8 Å².